The van der Waals surface area contributed by atoms with Crippen LogP contribution in [-0.4, -0.2) is 42.7 Å². The summed E-state index contributed by atoms with van der Waals surface area (Å²) >= 11 is 0. The number of hydrogen-bond donors (Lipinski definition) is 0. The molecule has 2 aromatic carbocycles. The molecule has 178 valence electrons. The third-order valence-corrected chi connectivity index (χ3v) is 9.18. The van der Waals surface area contributed by atoms with E-state index in [-0.39, 0.29) is 17.9 Å². The number of amides is 1. The van der Waals surface area contributed by atoms with Crippen LogP contribution in [0.1, 0.15) is 63.5 Å². The molecule has 1 atom stereocenters. The van der Waals surface area contributed by atoms with Gasteiger partial charge in [0.25, 0.3) is 0 Å². The standard InChI is InChI=1S/C27H36N2O3S/c1-20(2)23-11-13-26(14-12-23)33(31,32)28-17-15-25(16-18-28)27(30)29(21(3)24-9-10-24)19-22-7-5-4-6-8-22/h4-8,11-14,20-21,24-25H,9-10,15-19H2,1-3H3. The molecule has 5 nitrogen and oxygen atoms in total. The SMILES string of the molecule is CC(C)c1ccc(S(=O)(=O)N2CCC(C(=O)N(Cc3ccccc3)C(C)C3CC3)CC2)cc1. The maximum Gasteiger partial charge on any atom is 0.243 e. The number of hydrogen-bond acceptors (Lipinski definition) is 3. The Bertz CT molecular complexity index is 1040. The van der Waals surface area contributed by atoms with Gasteiger partial charge >= 0.3 is 0 Å². The third kappa shape index (κ3) is 5.49. The van der Waals surface area contributed by atoms with Crippen molar-refractivity contribution in [3.63, 3.8) is 0 Å². The Morgan fingerprint density at radius 2 is 1.55 bits per heavy atom. The monoisotopic (exact) mass is 468 g/mol. The summed E-state index contributed by atoms with van der Waals surface area (Å²) < 4.78 is 27.9. The highest BCUT2D eigenvalue weighted by atomic mass is 32.2. The van der Waals surface area contributed by atoms with Crippen molar-refractivity contribution in [2.45, 2.75) is 69.9 Å². The first-order valence-corrected chi connectivity index (χ1v) is 13.7. The van der Waals surface area contributed by atoms with E-state index in [1.807, 2.05) is 35.2 Å². The molecule has 1 heterocycles. The summed E-state index contributed by atoms with van der Waals surface area (Å²) in [5.74, 6) is 1.01. The molecule has 0 aromatic heterocycles. The Morgan fingerprint density at radius 1 is 0.939 bits per heavy atom. The summed E-state index contributed by atoms with van der Waals surface area (Å²) in [6.07, 6.45) is 3.52. The lowest BCUT2D eigenvalue weighted by Crippen LogP contribution is -2.47. The van der Waals surface area contributed by atoms with Gasteiger partial charge in [-0.2, -0.15) is 4.31 Å². The van der Waals surface area contributed by atoms with Crippen molar-refractivity contribution in [2.24, 2.45) is 11.8 Å². The first-order valence-electron chi connectivity index (χ1n) is 12.2. The van der Waals surface area contributed by atoms with Crippen LogP contribution in [0.4, 0.5) is 0 Å². The normalized spacial score (nSPS) is 18.9. The molecule has 0 radical (unpaired) electrons. The second kappa shape index (κ2) is 9.98. The molecule has 2 fully saturated rings. The zero-order valence-corrected chi connectivity index (χ0v) is 20.8. The quantitative estimate of drug-likeness (QED) is 0.545. The molecule has 1 aliphatic heterocycles. The third-order valence-electron chi connectivity index (χ3n) is 7.26. The molecular weight excluding hydrogens is 432 g/mol. The molecule has 0 bridgehead atoms. The van der Waals surface area contributed by atoms with Crippen LogP contribution in [0.3, 0.4) is 0 Å². The first-order chi connectivity index (χ1) is 15.8. The molecular formula is C27H36N2O3S. The Labute approximate surface area is 198 Å². The van der Waals surface area contributed by atoms with Crippen LogP contribution >= 0.6 is 0 Å². The highest BCUT2D eigenvalue weighted by Crippen LogP contribution is 2.37. The zero-order valence-electron chi connectivity index (χ0n) is 20.0. The van der Waals surface area contributed by atoms with E-state index in [4.69, 9.17) is 0 Å². The van der Waals surface area contributed by atoms with Gasteiger partial charge in [0.2, 0.25) is 15.9 Å². The van der Waals surface area contributed by atoms with Crippen LogP contribution in [0.25, 0.3) is 0 Å². The summed E-state index contributed by atoms with van der Waals surface area (Å²) in [4.78, 5) is 15.9. The van der Waals surface area contributed by atoms with Gasteiger partial charge in [-0.05, 0) is 67.7 Å². The van der Waals surface area contributed by atoms with Gasteiger partial charge < -0.3 is 4.90 Å². The Kier molecular flexibility index (Phi) is 7.25. The smallest absolute Gasteiger partial charge is 0.243 e. The summed E-state index contributed by atoms with van der Waals surface area (Å²) in [5, 5.41) is 0. The minimum Gasteiger partial charge on any atom is -0.335 e. The van der Waals surface area contributed by atoms with Crippen molar-refractivity contribution in [3.8, 4) is 0 Å². The fraction of sp³-hybridized carbons (Fsp3) is 0.519. The van der Waals surface area contributed by atoms with E-state index in [9.17, 15) is 13.2 Å². The minimum atomic E-state index is -3.53. The topological polar surface area (TPSA) is 57.7 Å². The molecule has 6 heteroatoms. The van der Waals surface area contributed by atoms with Crippen molar-refractivity contribution in [3.05, 3.63) is 65.7 Å². The van der Waals surface area contributed by atoms with Crippen LogP contribution in [-0.2, 0) is 21.4 Å². The largest absolute Gasteiger partial charge is 0.335 e. The van der Waals surface area contributed by atoms with E-state index in [0.29, 0.717) is 49.2 Å². The minimum absolute atomic E-state index is 0.121. The van der Waals surface area contributed by atoms with Crippen molar-refractivity contribution in [1.82, 2.24) is 9.21 Å². The van der Waals surface area contributed by atoms with Gasteiger partial charge in [-0.15, -0.1) is 0 Å². The number of nitrogens with zero attached hydrogens (tertiary/aromatic N) is 2. The molecule has 4 rings (SSSR count). The first kappa shape index (κ1) is 24.0. The predicted octanol–water partition coefficient (Wildman–Crippen LogP) is 5.04. The highest BCUT2D eigenvalue weighted by Gasteiger charge is 2.38. The molecule has 1 unspecified atom stereocenters. The molecule has 1 amide bonds. The summed E-state index contributed by atoms with van der Waals surface area (Å²) in [6.45, 7) is 7.76. The lowest BCUT2D eigenvalue weighted by atomic mass is 9.95. The Balaban J connectivity index is 1.42. The van der Waals surface area contributed by atoms with Crippen LogP contribution < -0.4 is 0 Å². The second-order valence-corrected chi connectivity index (χ2v) is 11.9. The predicted molar refractivity (Wildman–Crippen MR) is 131 cm³/mol. The summed E-state index contributed by atoms with van der Waals surface area (Å²) in [7, 11) is -3.53. The van der Waals surface area contributed by atoms with Crippen molar-refractivity contribution < 1.29 is 13.2 Å². The molecule has 2 aliphatic rings. The van der Waals surface area contributed by atoms with E-state index in [0.717, 1.165) is 11.1 Å². The highest BCUT2D eigenvalue weighted by molar-refractivity contribution is 7.89. The molecule has 1 saturated heterocycles. The number of carbonyl (C=O) groups excluding carboxylic acids is 1. The van der Waals surface area contributed by atoms with E-state index in [1.54, 1.807) is 16.4 Å². The molecule has 0 spiro atoms. The lowest BCUT2D eigenvalue weighted by molar-refractivity contribution is -0.140. The van der Waals surface area contributed by atoms with Crippen molar-refractivity contribution in [1.29, 1.82) is 0 Å². The van der Waals surface area contributed by atoms with Crippen molar-refractivity contribution in [2.75, 3.05) is 13.1 Å². The van der Waals surface area contributed by atoms with Crippen LogP contribution in [0.5, 0.6) is 0 Å². The zero-order chi connectivity index (χ0) is 23.6. The number of rotatable bonds is 8. The summed E-state index contributed by atoms with van der Waals surface area (Å²) in [6, 6.07) is 17.6. The summed E-state index contributed by atoms with van der Waals surface area (Å²) in [5.41, 5.74) is 2.27. The van der Waals surface area contributed by atoms with E-state index in [1.165, 1.54) is 12.8 Å². The van der Waals surface area contributed by atoms with Gasteiger partial charge in [0.05, 0.1) is 4.90 Å². The van der Waals surface area contributed by atoms with Gasteiger partial charge in [0.1, 0.15) is 0 Å². The van der Waals surface area contributed by atoms with Crippen molar-refractivity contribution >= 4 is 15.9 Å². The molecule has 33 heavy (non-hydrogen) atoms. The fourth-order valence-corrected chi connectivity index (χ4v) is 6.26. The van der Waals surface area contributed by atoms with E-state index >= 15 is 0 Å². The van der Waals surface area contributed by atoms with Gasteiger partial charge in [-0.1, -0.05) is 56.3 Å². The van der Waals surface area contributed by atoms with Gasteiger partial charge in [-0.25, -0.2) is 8.42 Å². The number of carbonyl (C=O) groups is 1. The second-order valence-electron chi connectivity index (χ2n) is 9.93. The van der Waals surface area contributed by atoms with E-state index < -0.39 is 10.0 Å². The van der Waals surface area contributed by atoms with Gasteiger partial charge in [0.15, 0.2) is 0 Å². The lowest BCUT2D eigenvalue weighted by Gasteiger charge is -2.36. The average molecular weight is 469 g/mol. The van der Waals surface area contributed by atoms with Gasteiger partial charge in [0, 0.05) is 31.6 Å². The number of piperidine rings is 1. The Hall–Kier alpha value is -2.18. The average Bonchev–Trinajstić information content (AvgIpc) is 3.68. The van der Waals surface area contributed by atoms with E-state index in [2.05, 4.69) is 32.9 Å². The maximum atomic E-state index is 13.6. The fourth-order valence-electron chi connectivity index (χ4n) is 4.79. The molecule has 0 N–H and O–H groups in total. The molecule has 1 aliphatic carbocycles. The van der Waals surface area contributed by atoms with Crippen LogP contribution in [0.15, 0.2) is 59.5 Å². The van der Waals surface area contributed by atoms with Crippen LogP contribution in [0.2, 0.25) is 0 Å². The molecule has 2 aromatic rings. The van der Waals surface area contributed by atoms with Crippen LogP contribution in [0, 0.1) is 11.8 Å². The molecule has 1 saturated carbocycles. The number of benzene rings is 2. The number of sulfonamides is 1. The Morgan fingerprint density at radius 3 is 2.09 bits per heavy atom. The maximum absolute atomic E-state index is 13.6. The van der Waals surface area contributed by atoms with Gasteiger partial charge in [-0.3, -0.25) is 4.79 Å².